The molecule has 1 saturated heterocycles. The number of carbonyl (C=O) groups excluding carboxylic acids is 1. The van der Waals surface area contributed by atoms with Crippen molar-refractivity contribution in [3.63, 3.8) is 0 Å². The molecule has 16 heavy (non-hydrogen) atoms. The van der Waals surface area contributed by atoms with Gasteiger partial charge in [0.15, 0.2) is 0 Å². The predicted molar refractivity (Wildman–Crippen MR) is 71.5 cm³/mol. The number of benzene rings is 1. The van der Waals surface area contributed by atoms with Crippen LogP contribution >= 0.6 is 31.9 Å². The first-order valence-electron chi connectivity index (χ1n) is 5.00. The molecule has 86 valence electrons. The minimum atomic E-state index is -0.0624. The molecule has 2 N–H and O–H groups in total. The molecule has 1 fully saturated rings. The Hall–Kier alpha value is -0.390. The Labute approximate surface area is 111 Å². The number of nitrogens with two attached hydrogens (primary N) is 1. The molecule has 0 spiro atoms. The summed E-state index contributed by atoms with van der Waals surface area (Å²) in [5, 5.41) is 0. The highest BCUT2D eigenvalue weighted by molar-refractivity contribution is 9.11. The Morgan fingerprint density at radius 3 is 2.38 bits per heavy atom. The first-order valence-corrected chi connectivity index (χ1v) is 6.59. The van der Waals surface area contributed by atoms with E-state index < -0.39 is 0 Å². The highest BCUT2D eigenvalue weighted by atomic mass is 79.9. The normalized spacial score (nSPS) is 20.6. The Balaban J connectivity index is 2.44. The number of aryl methyl sites for hydroxylation is 1. The van der Waals surface area contributed by atoms with E-state index in [4.69, 9.17) is 5.73 Å². The Morgan fingerprint density at radius 2 is 1.94 bits per heavy atom. The van der Waals surface area contributed by atoms with E-state index in [9.17, 15) is 4.79 Å². The molecule has 3 nitrogen and oxygen atoms in total. The fourth-order valence-electron chi connectivity index (χ4n) is 1.90. The maximum Gasteiger partial charge on any atom is 0.228 e. The van der Waals surface area contributed by atoms with Crippen molar-refractivity contribution in [3.05, 3.63) is 26.6 Å². The molecule has 1 aliphatic rings. The SMILES string of the molecule is Cc1cc(Br)c(N2CC(N)CC2=O)c(Br)c1. The average molecular weight is 348 g/mol. The maximum absolute atomic E-state index is 11.8. The highest BCUT2D eigenvalue weighted by Gasteiger charge is 2.30. The van der Waals surface area contributed by atoms with Crippen LogP contribution in [0.1, 0.15) is 12.0 Å². The molecule has 1 unspecified atom stereocenters. The van der Waals surface area contributed by atoms with Gasteiger partial charge in [-0.3, -0.25) is 4.79 Å². The number of halogens is 2. The van der Waals surface area contributed by atoms with E-state index in [1.54, 1.807) is 4.90 Å². The van der Waals surface area contributed by atoms with E-state index in [0.29, 0.717) is 13.0 Å². The van der Waals surface area contributed by atoms with Crippen LogP contribution in [0.25, 0.3) is 0 Å². The van der Waals surface area contributed by atoms with Gasteiger partial charge in [0.1, 0.15) is 0 Å². The molecule has 0 saturated carbocycles. The van der Waals surface area contributed by atoms with Crippen molar-refractivity contribution in [1.82, 2.24) is 0 Å². The summed E-state index contributed by atoms with van der Waals surface area (Å²) in [5.41, 5.74) is 7.81. The van der Waals surface area contributed by atoms with Crippen molar-refractivity contribution in [2.75, 3.05) is 11.4 Å². The molecular weight excluding hydrogens is 336 g/mol. The second-order valence-electron chi connectivity index (χ2n) is 4.05. The summed E-state index contributed by atoms with van der Waals surface area (Å²) in [7, 11) is 0. The maximum atomic E-state index is 11.8. The number of carbonyl (C=O) groups is 1. The quantitative estimate of drug-likeness (QED) is 0.848. The second-order valence-corrected chi connectivity index (χ2v) is 5.75. The van der Waals surface area contributed by atoms with Gasteiger partial charge in [0, 0.05) is 28.0 Å². The third kappa shape index (κ3) is 2.17. The molecule has 1 amide bonds. The van der Waals surface area contributed by atoms with Gasteiger partial charge >= 0.3 is 0 Å². The van der Waals surface area contributed by atoms with Gasteiger partial charge in [0.05, 0.1) is 5.69 Å². The topological polar surface area (TPSA) is 46.3 Å². The standard InChI is InChI=1S/C11H12Br2N2O/c1-6-2-8(12)11(9(13)3-6)15-5-7(14)4-10(15)16/h2-3,7H,4-5,14H2,1H3. The van der Waals surface area contributed by atoms with Crippen LogP contribution in [0.5, 0.6) is 0 Å². The lowest BCUT2D eigenvalue weighted by Crippen LogP contribution is -2.28. The first-order chi connectivity index (χ1) is 7.49. The van der Waals surface area contributed by atoms with E-state index in [2.05, 4.69) is 31.9 Å². The van der Waals surface area contributed by atoms with Crippen molar-refractivity contribution < 1.29 is 4.79 Å². The smallest absolute Gasteiger partial charge is 0.228 e. The van der Waals surface area contributed by atoms with Gasteiger partial charge in [-0.05, 0) is 56.5 Å². The highest BCUT2D eigenvalue weighted by Crippen LogP contribution is 2.37. The third-order valence-corrected chi connectivity index (χ3v) is 3.80. The molecular formula is C11H12Br2N2O. The monoisotopic (exact) mass is 346 g/mol. The number of nitrogens with zero attached hydrogens (tertiary/aromatic N) is 1. The van der Waals surface area contributed by atoms with Crippen LogP contribution < -0.4 is 10.6 Å². The Morgan fingerprint density at radius 1 is 1.38 bits per heavy atom. The van der Waals surface area contributed by atoms with Crippen molar-refractivity contribution in [2.45, 2.75) is 19.4 Å². The van der Waals surface area contributed by atoms with Crippen LogP contribution in [0, 0.1) is 6.92 Å². The van der Waals surface area contributed by atoms with Gasteiger partial charge in [-0.25, -0.2) is 0 Å². The van der Waals surface area contributed by atoms with E-state index in [-0.39, 0.29) is 11.9 Å². The van der Waals surface area contributed by atoms with Crippen LogP contribution in [0.15, 0.2) is 21.1 Å². The van der Waals surface area contributed by atoms with Gasteiger partial charge in [-0.1, -0.05) is 0 Å². The van der Waals surface area contributed by atoms with E-state index in [0.717, 1.165) is 20.2 Å². The molecule has 0 aromatic heterocycles. The van der Waals surface area contributed by atoms with E-state index >= 15 is 0 Å². The summed E-state index contributed by atoms with van der Waals surface area (Å²) < 4.78 is 1.84. The zero-order valence-corrected chi connectivity index (χ0v) is 12.0. The van der Waals surface area contributed by atoms with Gasteiger partial charge in [0.2, 0.25) is 5.91 Å². The third-order valence-electron chi connectivity index (χ3n) is 2.59. The lowest BCUT2D eigenvalue weighted by molar-refractivity contribution is -0.117. The lowest BCUT2D eigenvalue weighted by Gasteiger charge is -2.20. The molecule has 0 bridgehead atoms. The van der Waals surface area contributed by atoms with Crippen molar-refractivity contribution in [2.24, 2.45) is 5.73 Å². The van der Waals surface area contributed by atoms with Crippen LogP contribution in [0.2, 0.25) is 0 Å². The van der Waals surface area contributed by atoms with Crippen molar-refractivity contribution in [1.29, 1.82) is 0 Å². The minimum absolute atomic E-state index is 0.0624. The van der Waals surface area contributed by atoms with Crippen LogP contribution in [0.3, 0.4) is 0 Å². The average Bonchev–Trinajstić information content (AvgIpc) is 2.43. The number of hydrogen-bond acceptors (Lipinski definition) is 2. The largest absolute Gasteiger partial charge is 0.326 e. The molecule has 2 rings (SSSR count). The fraction of sp³-hybridized carbons (Fsp3) is 0.364. The zero-order chi connectivity index (χ0) is 11.9. The summed E-state index contributed by atoms with van der Waals surface area (Å²) in [6.45, 7) is 2.59. The Kier molecular flexibility index (Phi) is 3.37. The van der Waals surface area contributed by atoms with E-state index in [1.807, 2.05) is 19.1 Å². The van der Waals surface area contributed by atoms with Gasteiger partial charge in [0.25, 0.3) is 0 Å². The summed E-state index contributed by atoms with van der Waals surface area (Å²) in [4.78, 5) is 13.5. The molecule has 5 heteroatoms. The second kappa shape index (κ2) is 4.47. The van der Waals surface area contributed by atoms with Gasteiger partial charge < -0.3 is 10.6 Å². The van der Waals surface area contributed by atoms with Crippen LogP contribution in [-0.2, 0) is 4.79 Å². The minimum Gasteiger partial charge on any atom is -0.326 e. The predicted octanol–water partition coefficient (Wildman–Crippen LogP) is 2.58. The summed E-state index contributed by atoms with van der Waals surface area (Å²) >= 11 is 6.98. The summed E-state index contributed by atoms with van der Waals surface area (Å²) in [6.07, 6.45) is 0.423. The molecule has 1 aromatic carbocycles. The van der Waals surface area contributed by atoms with Crippen molar-refractivity contribution >= 4 is 43.5 Å². The molecule has 1 aromatic rings. The molecule has 1 heterocycles. The van der Waals surface area contributed by atoms with Crippen molar-refractivity contribution in [3.8, 4) is 0 Å². The van der Waals surface area contributed by atoms with Gasteiger partial charge in [-0.2, -0.15) is 0 Å². The Bertz CT molecular complexity index is 425. The van der Waals surface area contributed by atoms with Crippen LogP contribution in [0.4, 0.5) is 5.69 Å². The van der Waals surface area contributed by atoms with Crippen LogP contribution in [-0.4, -0.2) is 18.5 Å². The first kappa shape index (κ1) is 12.1. The number of anilines is 1. The van der Waals surface area contributed by atoms with Gasteiger partial charge in [-0.15, -0.1) is 0 Å². The number of rotatable bonds is 1. The summed E-state index contributed by atoms with van der Waals surface area (Å²) in [6, 6.07) is 3.93. The fourth-order valence-corrected chi connectivity index (χ4v) is 3.74. The molecule has 0 radical (unpaired) electrons. The lowest BCUT2D eigenvalue weighted by atomic mass is 10.2. The summed E-state index contributed by atoms with van der Waals surface area (Å²) in [5.74, 6) is 0.0813. The number of hydrogen-bond donors (Lipinski definition) is 1. The molecule has 0 aliphatic carbocycles. The zero-order valence-electron chi connectivity index (χ0n) is 8.84. The van der Waals surface area contributed by atoms with E-state index in [1.165, 1.54) is 0 Å². The number of amides is 1. The molecule has 1 aliphatic heterocycles. The molecule has 1 atom stereocenters.